The summed E-state index contributed by atoms with van der Waals surface area (Å²) in [4.78, 5) is 26.3. The molecule has 126 valence electrons. The molecule has 1 aromatic rings. The highest BCUT2D eigenvalue weighted by Crippen LogP contribution is 2.28. The summed E-state index contributed by atoms with van der Waals surface area (Å²) in [6, 6.07) is 9.85. The van der Waals surface area contributed by atoms with Crippen molar-refractivity contribution in [2.45, 2.75) is 52.0 Å². The van der Waals surface area contributed by atoms with Gasteiger partial charge in [-0.1, -0.05) is 43.2 Å². The molecule has 0 saturated heterocycles. The highest BCUT2D eigenvalue weighted by molar-refractivity contribution is 5.87. The number of likely N-dealkylation sites (N-methyl/N-ethyl adjacent to an activating group) is 1. The van der Waals surface area contributed by atoms with Crippen LogP contribution in [0.15, 0.2) is 30.3 Å². The van der Waals surface area contributed by atoms with E-state index in [1.807, 2.05) is 30.0 Å². The van der Waals surface area contributed by atoms with Crippen molar-refractivity contribution in [2.24, 2.45) is 5.92 Å². The first-order valence-corrected chi connectivity index (χ1v) is 8.71. The molecule has 1 aliphatic carbocycles. The average molecular weight is 316 g/mol. The molecule has 0 aliphatic heterocycles. The Morgan fingerprint density at radius 3 is 2.43 bits per heavy atom. The Hall–Kier alpha value is -1.84. The molecule has 1 unspecified atom stereocenters. The number of hydrogen-bond donors (Lipinski definition) is 1. The summed E-state index contributed by atoms with van der Waals surface area (Å²) in [5.41, 5.74) is 1.23. The Balaban J connectivity index is 2.01. The van der Waals surface area contributed by atoms with Gasteiger partial charge in [0.2, 0.25) is 11.8 Å². The van der Waals surface area contributed by atoms with Gasteiger partial charge in [0.05, 0.1) is 0 Å². The summed E-state index contributed by atoms with van der Waals surface area (Å²) in [5, 5.41) is 2.90. The van der Waals surface area contributed by atoms with Crippen molar-refractivity contribution >= 4 is 11.8 Å². The van der Waals surface area contributed by atoms with Gasteiger partial charge in [-0.2, -0.15) is 0 Å². The van der Waals surface area contributed by atoms with Gasteiger partial charge in [-0.15, -0.1) is 0 Å². The number of hydrogen-bond acceptors (Lipinski definition) is 2. The maximum absolute atomic E-state index is 12.9. The summed E-state index contributed by atoms with van der Waals surface area (Å²) >= 11 is 0. The molecule has 23 heavy (non-hydrogen) atoms. The lowest BCUT2D eigenvalue weighted by Crippen LogP contribution is -2.51. The van der Waals surface area contributed by atoms with Crippen LogP contribution in [0.4, 0.5) is 0 Å². The molecule has 1 aliphatic rings. The second-order valence-electron chi connectivity index (χ2n) is 6.38. The molecule has 1 saturated carbocycles. The fourth-order valence-corrected chi connectivity index (χ4v) is 3.42. The quantitative estimate of drug-likeness (QED) is 0.841. The van der Waals surface area contributed by atoms with Crippen molar-refractivity contribution in [1.82, 2.24) is 10.2 Å². The molecule has 4 nitrogen and oxygen atoms in total. The van der Waals surface area contributed by atoms with Gasteiger partial charge in [0.1, 0.15) is 6.04 Å². The Kier molecular flexibility index (Phi) is 6.63. The summed E-state index contributed by atoms with van der Waals surface area (Å²) < 4.78 is 0. The molecule has 0 spiro atoms. The van der Waals surface area contributed by atoms with Gasteiger partial charge in [-0.05, 0) is 37.7 Å². The summed E-state index contributed by atoms with van der Waals surface area (Å²) in [7, 11) is 0. The molecule has 0 aromatic heterocycles. The fraction of sp³-hybridized carbons (Fsp3) is 0.579. The smallest absolute Gasteiger partial charge is 0.245 e. The SMILES string of the molecule is CCN(CCc1ccccc1)C(=O)C(NC(C)=O)C1CCCC1. The zero-order chi connectivity index (χ0) is 16.7. The summed E-state index contributed by atoms with van der Waals surface area (Å²) in [5.74, 6) is 0.247. The monoisotopic (exact) mass is 316 g/mol. The first-order valence-electron chi connectivity index (χ1n) is 8.71. The first kappa shape index (κ1) is 17.5. The van der Waals surface area contributed by atoms with Crippen molar-refractivity contribution in [3.8, 4) is 0 Å². The topological polar surface area (TPSA) is 49.4 Å². The Bertz CT molecular complexity index is 509. The highest BCUT2D eigenvalue weighted by Gasteiger charge is 2.33. The van der Waals surface area contributed by atoms with Crippen LogP contribution in [0.1, 0.15) is 45.1 Å². The van der Waals surface area contributed by atoms with Crippen LogP contribution < -0.4 is 5.32 Å². The third kappa shape index (κ3) is 5.08. The largest absolute Gasteiger partial charge is 0.344 e. The van der Waals surface area contributed by atoms with E-state index < -0.39 is 0 Å². The van der Waals surface area contributed by atoms with Crippen molar-refractivity contribution in [3.63, 3.8) is 0 Å². The van der Waals surface area contributed by atoms with E-state index in [4.69, 9.17) is 0 Å². The zero-order valence-corrected chi connectivity index (χ0v) is 14.3. The average Bonchev–Trinajstić information content (AvgIpc) is 3.08. The lowest BCUT2D eigenvalue weighted by atomic mass is 9.96. The van der Waals surface area contributed by atoms with Gasteiger partial charge < -0.3 is 10.2 Å². The van der Waals surface area contributed by atoms with Crippen molar-refractivity contribution in [1.29, 1.82) is 0 Å². The second-order valence-corrected chi connectivity index (χ2v) is 6.38. The van der Waals surface area contributed by atoms with Crippen LogP contribution in [-0.2, 0) is 16.0 Å². The van der Waals surface area contributed by atoms with E-state index in [0.717, 1.165) is 32.1 Å². The molecule has 0 bridgehead atoms. The van der Waals surface area contributed by atoms with Gasteiger partial charge >= 0.3 is 0 Å². The minimum Gasteiger partial charge on any atom is -0.344 e. The minimum absolute atomic E-state index is 0.0746. The molecule has 0 radical (unpaired) electrons. The molecule has 1 N–H and O–H groups in total. The fourth-order valence-electron chi connectivity index (χ4n) is 3.42. The van der Waals surface area contributed by atoms with E-state index in [9.17, 15) is 9.59 Å². The molecular weight excluding hydrogens is 288 g/mol. The van der Waals surface area contributed by atoms with Crippen molar-refractivity contribution < 1.29 is 9.59 Å². The lowest BCUT2D eigenvalue weighted by Gasteiger charge is -2.30. The number of amides is 2. The van der Waals surface area contributed by atoms with E-state index in [-0.39, 0.29) is 23.8 Å². The van der Waals surface area contributed by atoms with Crippen LogP contribution in [0.5, 0.6) is 0 Å². The number of nitrogens with one attached hydrogen (secondary N) is 1. The number of carbonyl (C=O) groups excluding carboxylic acids is 2. The van der Waals surface area contributed by atoms with Crippen LogP contribution in [0.2, 0.25) is 0 Å². The predicted octanol–water partition coefficient (Wildman–Crippen LogP) is 2.77. The molecule has 1 fully saturated rings. The molecule has 1 aromatic carbocycles. The molecule has 0 heterocycles. The van der Waals surface area contributed by atoms with E-state index in [0.29, 0.717) is 13.1 Å². The molecule has 2 rings (SSSR count). The van der Waals surface area contributed by atoms with E-state index in [2.05, 4.69) is 17.4 Å². The summed E-state index contributed by atoms with van der Waals surface area (Å²) in [6.45, 7) is 4.87. The Labute approximate surface area is 139 Å². The van der Waals surface area contributed by atoms with Crippen LogP contribution in [-0.4, -0.2) is 35.8 Å². The molecule has 1 atom stereocenters. The Morgan fingerprint density at radius 1 is 1.22 bits per heavy atom. The normalized spacial score (nSPS) is 16.1. The molecule has 4 heteroatoms. The second kappa shape index (κ2) is 8.70. The third-order valence-corrected chi connectivity index (χ3v) is 4.70. The molecular formula is C19H28N2O2. The Morgan fingerprint density at radius 2 is 1.87 bits per heavy atom. The van der Waals surface area contributed by atoms with Crippen LogP contribution in [0, 0.1) is 5.92 Å². The number of rotatable bonds is 7. The third-order valence-electron chi connectivity index (χ3n) is 4.70. The highest BCUT2D eigenvalue weighted by atomic mass is 16.2. The maximum atomic E-state index is 12.9. The van der Waals surface area contributed by atoms with Crippen molar-refractivity contribution in [3.05, 3.63) is 35.9 Å². The summed E-state index contributed by atoms with van der Waals surface area (Å²) in [6.07, 6.45) is 5.23. The first-order chi connectivity index (χ1) is 11.1. The van der Waals surface area contributed by atoms with Gasteiger partial charge in [0, 0.05) is 20.0 Å². The van der Waals surface area contributed by atoms with Crippen molar-refractivity contribution in [2.75, 3.05) is 13.1 Å². The van der Waals surface area contributed by atoms with Gasteiger partial charge in [0.15, 0.2) is 0 Å². The lowest BCUT2D eigenvalue weighted by molar-refractivity contribution is -0.137. The standard InChI is InChI=1S/C19H28N2O2/c1-3-21(14-13-16-9-5-4-6-10-16)19(23)18(20-15(2)22)17-11-7-8-12-17/h4-6,9-10,17-18H,3,7-8,11-14H2,1-2H3,(H,20,22). The maximum Gasteiger partial charge on any atom is 0.245 e. The minimum atomic E-state index is -0.356. The number of nitrogens with zero attached hydrogens (tertiary/aromatic N) is 1. The van der Waals surface area contributed by atoms with E-state index >= 15 is 0 Å². The van der Waals surface area contributed by atoms with Gasteiger partial charge in [0.25, 0.3) is 0 Å². The number of carbonyl (C=O) groups is 2. The molecule has 2 amide bonds. The van der Waals surface area contributed by atoms with E-state index in [1.54, 1.807) is 0 Å². The van der Waals surface area contributed by atoms with Crippen LogP contribution in [0.25, 0.3) is 0 Å². The van der Waals surface area contributed by atoms with Crippen LogP contribution in [0.3, 0.4) is 0 Å². The van der Waals surface area contributed by atoms with E-state index in [1.165, 1.54) is 12.5 Å². The van der Waals surface area contributed by atoms with Gasteiger partial charge in [-0.25, -0.2) is 0 Å². The van der Waals surface area contributed by atoms with Gasteiger partial charge in [-0.3, -0.25) is 9.59 Å². The number of benzene rings is 1. The van der Waals surface area contributed by atoms with Crippen LogP contribution >= 0.6 is 0 Å². The zero-order valence-electron chi connectivity index (χ0n) is 14.3. The predicted molar refractivity (Wildman–Crippen MR) is 92.0 cm³/mol.